The number of nitrogens with two attached hydrogens (primary N) is 1. The largest absolute Gasteiger partial charge is 0.368 e. The Morgan fingerprint density at radius 3 is 2.73 bits per heavy atom. The van der Waals surface area contributed by atoms with Gasteiger partial charge in [0.05, 0.1) is 0 Å². The summed E-state index contributed by atoms with van der Waals surface area (Å²) < 4.78 is 5.82. The molecule has 82 valence electrons. The van der Waals surface area contributed by atoms with Crippen LogP contribution in [0.4, 0.5) is 5.95 Å². The smallest absolute Gasteiger partial charge is 0.223 e. The van der Waals surface area contributed by atoms with Crippen molar-refractivity contribution in [1.82, 2.24) is 15.0 Å². The molecule has 0 aromatic carbocycles. The van der Waals surface area contributed by atoms with Crippen LogP contribution in [0.25, 0.3) is 0 Å². The summed E-state index contributed by atoms with van der Waals surface area (Å²) in [6, 6.07) is 0. The Morgan fingerprint density at radius 1 is 1.40 bits per heavy atom. The Balaban J connectivity index is 2.31. The van der Waals surface area contributed by atoms with Crippen LogP contribution in [0.2, 0.25) is 0 Å². The quantitative estimate of drug-likeness (QED) is 0.809. The third kappa shape index (κ3) is 1.92. The van der Waals surface area contributed by atoms with Gasteiger partial charge in [-0.15, -0.1) is 0 Å². The Bertz CT molecular complexity index is 336. The maximum atomic E-state index is 5.82. The van der Waals surface area contributed by atoms with Gasteiger partial charge in [-0.05, 0) is 32.6 Å². The summed E-state index contributed by atoms with van der Waals surface area (Å²) in [4.78, 5) is 12.2. The van der Waals surface area contributed by atoms with E-state index in [2.05, 4.69) is 15.0 Å². The molecule has 1 fully saturated rings. The van der Waals surface area contributed by atoms with Crippen molar-refractivity contribution < 1.29 is 4.74 Å². The average molecular weight is 208 g/mol. The van der Waals surface area contributed by atoms with Gasteiger partial charge in [0, 0.05) is 6.61 Å². The molecule has 1 aromatic rings. The van der Waals surface area contributed by atoms with Crippen molar-refractivity contribution in [1.29, 1.82) is 0 Å². The lowest BCUT2D eigenvalue weighted by Gasteiger charge is -2.26. The van der Waals surface area contributed by atoms with Crippen LogP contribution in [0.1, 0.15) is 38.4 Å². The summed E-state index contributed by atoms with van der Waals surface area (Å²) >= 11 is 0. The van der Waals surface area contributed by atoms with Crippen LogP contribution in [0.3, 0.4) is 0 Å². The molecule has 0 saturated heterocycles. The van der Waals surface area contributed by atoms with E-state index in [0.717, 1.165) is 25.7 Å². The lowest BCUT2D eigenvalue weighted by Crippen LogP contribution is -2.29. The highest BCUT2D eigenvalue weighted by atomic mass is 16.5. The van der Waals surface area contributed by atoms with Crippen molar-refractivity contribution in [3.63, 3.8) is 0 Å². The number of nitrogen functional groups attached to an aromatic ring is 1. The van der Waals surface area contributed by atoms with E-state index in [1.807, 2.05) is 6.92 Å². The summed E-state index contributed by atoms with van der Waals surface area (Å²) in [7, 11) is 0. The van der Waals surface area contributed by atoms with Gasteiger partial charge in [0.2, 0.25) is 5.95 Å². The molecule has 5 nitrogen and oxygen atoms in total. The van der Waals surface area contributed by atoms with E-state index in [4.69, 9.17) is 10.5 Å². The van der Waals surface area contributed by atoms with Crippen LogP contribution in [0.15, 0.2) is 6.33 Å². The van der Waals surface area contributed by atoms with Gasteiger partial charge in [-0.25, -0.2) is 9.97 Å². The van der Waals surface area contributed by atoms with E-state index in [1.54, 1.807) is 0 Å². The molecular formula is C10H16N4O. The predicted octanol–water partition coefficient (Wildman–Crippen LogP) is 1.26. The SMILES string of the molecule is CCOC1(c2ncnc(N)n2)CCCC1. The van der Waals surface area contributed by atoms with Crippen molar-refractivity contribution in [2.75, 3.05) is 12.3 Å². The zero-order valence-corrected chi connectivity index (χ0v) is 8.94. The molecule has 1 aliphatic rings. The summed E-state index contributed by atoms with van der Waals surface area (Å²) in [6.45, 7) is 2.66. The molecule has 0 unspecified atom stereocenters. The van der Waals surface area contributed by atoms with Crippen LogP contribution in [0, 0.1) is 0 Å². The highest BCUT2D eigenvalue weighted by Gasteiger charge is 2.39. The highest BCUT2D eigenvalue weighted by Crippen LogP contribution is 2.40. The summed E-state index contributed by atoms with van der Waals surface area (Å²) in [5.41, 5.74) is 5.25. The van der Waals surface area contributed by atoms with E-state index in [-0.39, 0.29) is 11.5 Å². The first-order valence-corrected chi connectivity index (χ1v) is 5.36. The molecule has 1 heterocycles. The van der Waals surface area contributed by atoms with Gasteiger partial charge >= 0.3 is 0 Å². The van der Waals surface area contributed by atoms with E-state index in [9.17, 15) is 0 Å². The minimum Gasteiger partial charge on any atom is -0.368 e. The molecule has 2 rings (SSSR count). The molecule has 2 N–H and O–H groups in total. The summed E-state index contributed by atoms with van der Waals surface area (Å²) in [5, 5.41) is 0. The molecule has 0 atom stereocenters. The number of nitrogens with zero attached hydrogens (tertiary/aromatic N) is 3. The van der Waals surface area contributed by atoms with E-state index < -0.39 is 0 Å². The van der Waals surface area contributed by atoms with E-state index in [1.165, 1.54) is 6.33 Å². The number of anilines is 1. The fourth-order valence-electron chi connectivity index (χ4n) is 2.18. The minimum absolute atomic E-state index is 0.269. The van der Waals surface area contributed by atoms with Crippen LogP contribution in [-0.4, -0.2) is 21.6 Å². The van der Waals surface area contributed by atoms with E-state index in [0.29, 0.717) is 12.4 Å². The van der Waals surface area contributed by atoms with Crippen LogP contribution in [0.5, 0.6) is 0 Å². The maximum Gasteiger partial charge on any atom is 0.223 e. The molecule has 1 saturated carbocycles. The lowest BCUT2D eigenvalue weighted by molar-refractivity contribution is -0.0457. The van der Waals surface area contributed by atoms with Crippen LogP contribution >= 0.6 is 0 Å². The van der Waals surface area contributed by atoms with Gasteiger partial charge in [0.25, 0.3) is 0 Å². The van der Waals surface area contributed by atoms with Gasteiger partial charge in [-0.1, -0.05) is 0 Å². The normalized spacial score (nSPS) is 19.3. The third-order valence-corrected chi connectivity index (χ3v) is 2.83. The molecule has 1 aromatic heterocycles. The first-order valence-electron chi connectivity index (χ1n) is 5.36. The second-order valence-corrected chi connectivity index (χ2v) is 3.80. The van der Waals surface area contributed by atoms with Gasteiger partial charge in [-0.3, -0.25) is 0 Å². The standard InChI is InChI=1S/C10H16N4O/c1-2-15-10(5-3-4-6-10)8-12-7-13-9(11)14-8/h7H,2-6H2,1H3,(H2,11,12,13,14). The number of ether oxygens (including phenoxy) is 1. The molecule has 0 spiro atoms. The van der Waals surface area contributed by atoms with Gasteiger partial charge in [0.1, 0.15) is 11.9 Å². The molecule has 0 bridgehead atoms. The van der Waals surface area contributed by atoms with Crippen LogP contribution < -0.4 is 5.73 Å². The van der Waals surface area contributed by atoms with E-state index >= 15 is 0 Å². The summed E-state index contributed by atoms with van der Waals surface area (Å²) in [5.74, 6) is 0.959. The monoisotopic (exact) mass is 208 g/mol. The number of aromatic nitrogens is 3. The fourth-order valence-corrected chi connectivity index (χ4v) is 2.18. The second kappa shape index (κ2) is 4.10. The number of hydrogen-bond donors (Lipinski definition) is 1. The van der Waals surface area contributed by atoms with Crippen molar-refractivity contribution in [3.05, 3.63) is 12.2 Å². The van der Waals surface area contributed by atoms with Gasteiger partial charge < -0.3 is 10.5 Å². The Labute approximate surface area is 89.1 Å². The maximum absolute atomic E-state index is 5.82. The predicted molar refractivity (Wildman–Crippen MR) is 56.0 cm³/mol. The lowest BCUT2D eigenvalue weighted by atomic mass is 10.0. The van der Waals surface area contributed by atoms with Gasteiger partial charge in [0.15, 0.2) is 5.82 Å². The fraction of sp³-hybridized carbons (Fsp3) is 0.700. The van der Waals surface area contributed by atoms with Crippen molar-refractivity contribution >= 4 is 5.95 Å². The van der Waals surface area contributed by atoms with Gasteiger partial charge in [-0.2, -0.15) is 4.98 Å². The first-order chi connectivity index (χ1) is 7.27. The molecule has 1 aliphatic carbocycles. The molecule has 15 heavy (non-hydrogen) atoms. The summed E-state index contributed by atoms with van der Waals surface area (Å²) in [6.07, 6.45) is 5.72. The van der Waals surface area contributed by atoms with Crippen LogP contribution in [-0.2, 0) is 10.3 Å². The zero-order chi connectivity index (χ0) is 10.7. The van der Waals surface area contributed by atoms with Crippen molar-refractivity contribution in [2.24, 2.45) is 0 Å². The molecule has 0 amide bonds. The Morgan fingerprint density at radius 2 is 2.13 bits per heavy atom. The molecule has 0 aliphatic heterocycles. The molecule has 5 heteroatoms. The van der Waals surface area contributed by atoms with Crippen molar-refractivity contribution in [2.45, 2.75) is 38.2 Å². The Kier molecular flexibility index (Phi) is 2.81. The molecular weight excluding hydrogens is 192 g/mol. The number of rotatable bonds is 3. The second-order valence-electron chi connectivity index (χ2n) is 3.80. The highest BCUT2D eigenvalue weighted by molar-refractivity contribution is 5.16. The number of hydrogen-bond acceptors (Lipinski definition) is 5. The topological polar surface area (TPSA) is 73.9 Å². The first kappa shape index (κ1) is 10.3. The van der Waals surface area contributed by atoms with Crippen molar-refractivity contribution in [3.8, 4) is 0 Å². The average Bonchev–Trinajstić information content (AvgIpc) is 2.68. The third-order valence-electron chi connectivity index (χ3n) is 2.83. The molecule has 0 radical (unpaired) electrons. The zero-order valence-electron chi connectivity index (χ0n) is 8.94. The Hall–Kier alpha value is -1.23. The minimum atomic E-state index is -0.314.